The number of likely N-dealkylation sites (N-methyl/N-ethyl adjacent to an activating group) is 1. The molecule has 0 aliphatic carbocycles. The number of benzene rings is 1. The van der Waals surface area contributed by atoms with Gasteiger partial charge in [-0.15, -0.1) is 0 Å². The molecule has 6 heteroatoms. The fourth-order valence-corrected chi connectivity index (χ4v) is 3.07. The third-order valence-electron chi connectivity index (χ3n) is 3.30. The number of rotatable bonds is 8. The summed E-state index contributed by atoms with van der Waals surface area (Å²) in [5.41, 5.74) is 1.03. The SMILES string of the molecule is CCN(Cc1ccccc1)C(=O)CN(CC(C)C)S(C)(=O)=O. The van der Waals surface area contributed by atoms with Crippen molar-refractivity contribution in [1.29, 1.82) is 0 Å². The molecule has 0 aliphatic heterocycles. The molecule has 0 fully saturated rings. The summed E-state index contributed by atoms with van der Waals surface area (Å²) in [7, 11) is -3.38. The van der Waals surface area contributed by atoms with Crippen LogP contribution in [0.15, 0.2) is 30.3 Å². The molecule has 0 N–H and O–H groups in total. The topological polar surface area (TPSA) is 57.7 Å². The van der Waals surface area contributed by atoms with Crippen LogP contribution in [-0.2, 0) is 21.4 Å². The van der Waals surface area contributed by atoms with E-state index in [0.29, 0.717) is 19.6 Å². The van der Waals surface area contributed by atoms with Gasteiger partial charge >= 0.3 is 0 Å². The highest BCUT2D eigenvalue weighted by Gasteiger charge is 2.23. The van der Waals surface area contributed by atoms with E-state index in [9.17, 15) is 13.2 Å². The lowest BCUT2D eigenvalue weighted by Crippen LogP contribution is -2.43. The normalized spacial score (nSPS) is 11.9. The van der Waals surface area contributed by atoms with E-state index in [1.54, 1.807) is 4.90 Å². The van der Waals surface area contributed by atoms with Gasteiger partial charge in [0.25, 0.3) is 0 Å². The summed E-state index contributed by atoms with van der Waals surface area (Å²) in [6.45, 7) is 7.07. The number of amides is 1. The second-order valence-corrected chi connectivity index (χ2v) is 7.83. The fourth-order valence-electron chi connectivity index (χ4n) is 2.16. The lowest BCUT2D eigenvalue weighted by atomic mass is 10.2. The molecule has 0 saturated heterocycles. The molecule has 1 rings (SSSR count). The Labute approximate surface area is 134 Å². The van der Waals surface area contributed by atoms with Crippen molar-refractivity contribution >= 4 is 15.9 Å². The van der Waals surface area contributed by atoms with Crippen LogP contribution in [0, 0.1) is 5.92 Å². The molecule has 0 spiro atoms. The fraction of sp³-hybridized carbons (Fsp3) is 0.562. The summed E-state index contributed by atoms with van der Waals surface area (Å²) in [5.74, 6) is 0.00385. The smallest absolute Gasteiger partial charge is 0.238 e. The van der Waals surface area contributed by atoms with Gasteiger partial charge in [0.05, 0.1) is 12.8 Å². The third-order valence-corrected chi connectivity index (χ3v) is 4.52. The molecule has 0 bridgehead atoms. The number of carbonyl (C=O) groups excluding carboxylic acids is 1. The standard InChI is InChI=1S/C16H26N2O3S/c1-5-17(12-15-9-7-6-8-10-15)16(19)13-18(11-14(2)3)22(4,20)21/h6-10,14H,5,11-13H2,1-4H3. The molecule has 0 unspecified atom stereocenters. The number of carbonyl (C=O) groups is 1. The number of hydrogen-bond acceptors (Lipinski definition) is 3. The van der Waals surface area contributed by atoms with Crippen LogP contribution in [0.4, 0.5) is 0 Å². The van der Waals surface area contributed by atoms with E-state index in [4.69, 9.17) is 0 Å². The average Bonchev–Trinajstić information content (AvgIpc) is 2.43. The first kappa shape index (κ1) is 18.6. The lowest BCUT2D eigenvalue weighted by Gasteiger charge is -2.26. The molecule has 0 aromatic heterocycles. The molecular weight excluding hydrogens is 300 g/mol. The lowest BCUT2D eigenvalue weighted by molar-refractivity contribution is -0.131. The Bertz CT molecular complexity index is 570. The van der Waals surface area contributed by atoms with Crippen molar-refractivity contribution in [1.82, 2.24) is 9.21 Å². The van der Waals surface area contributed by atoms with Gasteiger partial charge in [-0.1, -0.05) is 44.2 Å². The van der Waals surface area contributed by atoms with Crippen LogP contribution in [0.2, 0.25) is 0 Å². The maximum Gasteiger partial charge on any atom is 0.238 e. The highest BCUT2D eigenvalue weighted by molar-refractivity contribution is 7.88. The van der Waals surface area contributed by atoms with Crippen molar-refractivity contribution in [3.05, 3.63) is 35.9 Å². The number of hydrogen-bond donors (Lipinski definition) is 0. The molecule has 22 heavy (non-hydrogen) atoms. The van der Waals surface area contributed by atoms with E-state index in [2.05, 4.69) is 0 Å². The van der Waals surface area contributed by atoms with Gasteiger partial charge in [-0.3, -0.25) is 4.79 Å². The molecule has 1 amide bonds. The summed E-state index contributed by atoms with van der Waals surface area (Å²) in [5, 5.41) is 0. The number of nitrogens with zero attached hydrogens (tertiary/aromatic N) is 2. The molecule has 5 nitrogen and oxygen atoms in total. The second-order valence-electron chi connectivity index (χ2n) is 5.84. The van der Waals surface area contributed by atoms with Crippen LogP contribution in [0.3, 0.4) is 0 Å². The molecule has 0 atom stereocenters. The van der Waals surface area contributed by atoms with Crippen LogP contribution < -0.4 is 0 Å². The molecule has 0 heterocycles. The highest BCUT2D eigenvalue weighted by Crippen LogP contribution is 2.08. The zero-order chi connectivity index (χ0) is 16.8. The summed E-state index contributed by atoms with van der Waals surface area (Å²) in [6.07, 6.45) is 1.15. The molecule has 0 aliphatic rings. The van der Waals surface area contributed by atoms with Gasteiger partial charge in [0.1, 0.15) is 0 Å². The van der Waals surface area contributed by atoms with Crippen molar-refractivity contribution in [2.75, 3.05) is 25.9 Å². The first-order valence-corrected chi connectivity index (χ1v) is 9.35. The summed E-state index contributed by atoms with van der Waals surface area (Å²) in [6, 6.07) is 9.69. The zero-order valence-electron chi connectivity index (χ0n) is 13.8. The van der Waals surface area contributed by atoms with Crippen LogP contribution in [-0.4, -0.2) is 49.4 Å². The Morgan fingerprint density at radius 3 is 2.23 bits per heavy atom. The van der Waals surface area contributed by atoms with Crippen molar-refractivity contribution in [2.45, 2.75) is 27.3 Å². The molecule has 0 radical (unpaired) electrons. The minimum absolute atomic E-state index is 0.0995. The summed E-state index contributed by atoms with van der Waals surface area (Å²) < 4.78 is 24.9. The third kappa shape index (κ3) is 6.15. The Morgan fingerprint density at radius 2 is 1.77 bits per heavy atom. The Hall–Kier alpha value is -1.40. The minimum atomic E-state index is -3.38. The highest BCUT2D eigenvalue weighted by atomic mass is 32.2. The maximum atomic E-state index is 12.4. The maximum absolute atomic E-state index is 12.4. The van der Waals surface area contributed by atoms with E-state index in [1.807, 2.05) is 51.1 Å². The average molecular weight is 326 g/mol. The predicted molar refractivity (Wildman–Crippen MR) is 88.8 cm³/mol. The second kappa shape index (κ2) is 8.29. The van der Waals surface area contributed by atoms with Crippen LogP contribution in [0.5, 0.6) is 0 Å². The Morgan fingerprint density at radius 1 is 1.18 bits per heavy atom. The Kier molecular flexibility index (Phi) is 7.03. The van der Waals surface area contributed by atoms with E-state index in [0.717, 1.165) is 11.8 Å². The largest absolute Gasteiger partial charge is 0.338 e. The predicted octanol–water partition coefficient (Wildman–Crippen LogP) is 1.95. The van der Waals surface area contributed by atoms with Crippen molar-refractivity contribution < 1.29 is 13.2 Å². The zero-order valence-corrected chi connectivity index (χ0v) is 14.6. The van der Waals surface area contributed by atoms with Gasteiger partial charge in [0.15, 0.2) is 0 Å². The monoisotopic (exact) mass is 326 g/mol. The van der Waals surface area contributed by atoms with Gasteiger partial charge in [-0.25, -0.2) is 8.42 Å². The van der Waals surface area contributed by atoms with Gasteiger partial charge < -0.3 is 4.90 Å². The van der Waals surface area contributed by atoms with Crippen LogP contribution in [0.25, 0.3) is 0 Å². The summed E-state index contributed by atoms with van der Waals surface area (Å²) >= 11 is 0. The first-order valence-electron chi connectivity index (χ1n) is 7.50. The van der Waals surface area contributed by atoms with Gasteiger partial charge in [-0.2, -0.15) is 4.31 Å². The first-order chi connectivity index (χ1) is 10.2. The van der Waals surface area contributed by atoms with Crippen LogP contribution in [0.1, 0.15) is 26.3 Å². The van der Waals surface area contributed by atoms with Gasteiger partial charge in [-0.05, 0) is 18.4 Å². The van der Waals surface area contributed by atoms with Gasteiger partial charge in [0.2, 0.25) is 15.9 Å². The van der Waals surface area contributed by atoms with E-state index in [-0.39, 0.29) is 18.4 Å². The molecular formula is C16H26N2O3S. The molecule has 0 saturated carbocycles. The van der Waals surface area contributed by atoms with Crippen molar-refractivity contribution in [3.63, 3.8) is 0 Å². The molecule has 1 aromatic carbocycles. The molecule has 124 valence electrons. The van der Waals surface area contributed by atoms with Crippen LogP contribution >= 0.6 is 0 Å². The Balaban J connectivity index is 2.78. The number of sulfonamides is 1. The van der Waals surface area contributed by atoms with Crippen molar-refractivity contribution in [2.24, 2.45) is 5.92 Å². The van der Waals surface area contributed by atoms with E-state index in [1.165, 1.54) is 4.31 Å². The van der Waals surface area contributed by atoms with E-state index < -0.39 is 10.0 Å². The van der Waals surface area contributed by atoms with E-state index >= 15 is 0 Å². The minimum Gasteiger partial charge on any atom is -0.338 e. The quantitative estimate of drug-likeness (QED) is 0.734. The molecule has 1 aromatic rings. The van der Waals surface area contributed by atoms with Gasteiger partial charge in [0, 0.05) is 19.6 Å². The summed E-state index contributed by atoms with van der Waals surface area (Å²) in [4.78, 5) is 14.1. The van der Waals surface area contributed by atoms with Crippen molar-refractivity contribution in [3.8, 4) is 0 Å².